The zero-order chi connectivity index (χ0) is 17.8. The Hall–Kier alpha value is -2.47. The molecule has 1 unspecified atom stereocenters. The number of fused-ring (bicyclic) bond motifs is 1. The average Bonchev–Trinajstić information content (AvgIpc) is 2.63. The van der Waals surface area contributed by atoms with E-state index in [1.165, 1.54) is 0 Å². The van der Waals surface area contributed by atoms with Crippen LogP contribution >= 0.6 is 0 Å². The predicted octanol–water partition coefficient (Wildman–Crippen LogP) is 2.48. The van der Waals surface area contributed by atoms with Gasteiger partial charge in [-0.05, 0) is 30.2 Å². The molecule has 1 heterocycles. The largest absolute Gasteiger partial charge is 0.352 e. The number of benzene rings is 2. The summed E-state index contributed by atoms with van der Waals surface area (Å²) in [7, 11) is -1.37. The molecule has 2 amide bonds. The molecular weight excluding hydrogens is 336 g/mol. The summed E-state index contributed by atoms with van der Waals surface area (Å²) < 4.78 is 12.3. The van der Waals surface area contributed by atoms with Gasteiger partial charge >= 0.3 is 0 Å². The summed E-state index contributed by atoms with van der Waals surface area (Å²) in [6, 6.07) is 14.6. The zero-order valence-electron chi connectivity index (χ0n) is 14.0. The molecule has 0 saturated heterocycles. The molecule has 1 aliphatic rings. The fourth-order valence-corrected chi connectivity index (χ4v) is 3.90. The molecule has 0 aliphatic carbocycles. The van der Waals surface area contributed by atoms with E-state index in [1.54, 1.807) is 23.1 Å². The smallest absolute Gasteiger partial charge is 0.251 e. The van der Waals surface area contributed by atoms with E-state index < -0.39 is 10.8 Å². The summed E-state index contributed by atoms with van der Waals surface area (Å²) in [6.45, 7) is 2.97. The Morgan fingerprint density at radius 1 is 1.20 bits per heavy atom. The lowest BCUT2D eigenvalue weighted by molar-refractivity contribution is -0.116. The van der Waals surface area contributed by atoms with Crippen LogP contribution in [0.4, 0.5) is 5.69 Å². The standard InChI is InChI=1S/C19H20N2O3S/c1-2-10-20-19(23)15-8-9-17-16(11-15)21(18(22)13-25(17)24)12-14-6-4-3-5-7-14/h3-9,11H,2,10,12-13H2,1H3,(H,20,23). The van der Waals surface area contributed by atoms with Crippen molar-refractivity contribution < 1.29 is 13.8 Å². The average molecular weight is 356 g/mol. The van der Waals surface area contributed by atoms with Gasteiger partial charge in [0.1, 0.15) is 5.75 Å². The highest BCUT2D eigenvalue weighted by atomic mass is 32.2. The maximum atomic E-state index is 12.5. The topological polar surface area (TPSA) is 66.5 Å². The van der Waals surface area contributed by atoms with Gasteiger partial charge in [-0.3, -0.25) is 13.8 Å². The molecule has 0 fully saturated rings. The van der Waals surface area contributed by atoms with Gasteiger partial charge in [0, 0.05) is 12.1 Å². The highest BCUT2D eigenvalue weighted by molar-refractivity contribution is 7.86. The molecule has 25 heavy (non-hydrogen) atoms. The SMILES string of the molecule is CCCNC(=O)c1ccc2c(c1)N(Cc1ccccc1)C(=O)CS2=O. The third-order valence-corrected chi connectivity index (χ3v) is 5.38. The van der Waals surface area contributed by atoms with Crippen molar-refractivity contribution in [1.82, 2.24) is 5.32 Å². The molecule has 1 atom stereocenters. The molecular formula is C19H20N2O3S. The van der Waals surface area contributed by atoms with Crippen LogP contribution in [-0.2, 0) is 22.1 Å². The van der Waals surface area contributed by atoms with Gasteiger partial charge in [-0.1, -0.05) is 37.3 Å². The molecule has 5 nitrogen and oxygen atoms in total. The van der Waals surface area contributed by atoms with Crippen LogP contribution in [0.5, 0.6) is 0 Å². The lowest BCUT2D eigenvalue weighted by atomic mass is 10.1. The van der Waals surface area contributed by atoms with Crippen LogP contribution in [0.15, 0.2) is 53.4 Å². The van der Waals surface area contributed by atoms with E-state index >= 15 is 0 Å². The number of hydrogen-bond acceptors (Lipinski definition) is 3. The Morgan fingerprint density at radius 3 is 2.68 bits per heavy atom. The number of nitrogens with zero attached hydrogens (tertiary/aromatic N) is 1. The minimum Gasteiger partial charge on any atom is -0.352 e. The normalized spacial score (nSPS) is 16.4. The summed E-state index contributed by atoms with van der Waals surface area (Å²) >= 11 is 0. The van der Waals surface area contributed by atoms with E-state index in [4.69, 9.17) is 0 Å². The van der Waals surface area contributed by atoms with Gasteiger partial charge in [0.25, 0.3) is 5.91 Å². The zero-order valence-corrected chi connectivity index (χ0v) is 14.8. The van der Waals surface area contributed by atoms with Crippen LogP contribution < -0.4 is 10.2 Å². The van der Waals surface area contributed by atoms with Crippen LogP contribution in [0.25, 0.3) is 0 Å². The first-order valence-corrected chi connectivity index (χ1v) is 9.57. The van der Waals surface area contributed by atoms with E-state index in [-0.39, 0.29) is 17.6 Å². The minimum atomic E-state index is -1.37. The minimum absolute atomic E-state index is 0.0266. The molecule has 3 rings (SSSR count). The summed E-state index contributed by atoms with van der Waals surface area (Å²) in [5.74, 6) is -0.407. The van der Waals surface area contributed by atoms with Crippen molar-refractivity contribution in [2.75, 3.05) is 17.2 Å². The fraction of sp³-hybridized carbons (Fsp3) is 0.263. The number of amides is 2. The molecule has 1 N–H and O–H groups in total. The van der Waals surface area contributed by atoms with Crippen LogP contribution in [0.1, 0.15) is 29.3 Å². The molecule has 1 aliphatic heterocycles. The van der Waals surface area contributed by atoms with Gasteiger partial charge in [0.05, 0.1) is 27.9 Å². The van der Waals surface area contributed by atoms with Crippen molar-refractivity contribution >= 4 is 28.3 Å². The van der Waals surface area contributed by atoms with Crippen molar-refractivity contribution in [3.05, 3.63) is 59.7 Å². The Balaban J connectivity index is 1.96. The first kappa shape index (κ1) is 17.4. The molecule has 6 heteroatoms. The van der Waals surface area contributed by atoms with E-state index in [0.29, 0.717) is 29.2 Å². The number of rotatable bonds is 5. The predicted molar refractivity (Wildman–Crippen MR) is 98.0 cm³/mol. The number of nitrogens with one attached hydrogen (secondary N) is 1. The Labute approximate surface area is 149 Å². The van der Waals surface area contributed by atoms with Crippen LogP contribution in [0.2, 0.25) is 0 Å². The molecule has 0 radical (unpaired) electrons. The summed E-state index contributed by atoms with van der Waals surface area (Å²) in [5.41, 5.74) is 2.01. The molecule has 2 aromatic rings. The highest BCUT2D eigenvalue weighted by Crippen LogP contribution is 2.31. The summed E-state index contributed by atoms with van der Waals surface area (Å²) in [4.78, 5) is 26.9. The molecule has 0 saturated carbocycles. The molecule has 2 aromatic carbocycles. The van der Waals surface area contributed by atoms with Gasteiger partial charge < -0.3 is 10.2 Å². The van der Waals surface area contributed by atoms with Gasteiger partial charge in [-0.15, -0.1) is 0 Å². The maximum Gasteiger partial charge on any atom is 0.251 e. The lowest BCUT2D eigenvalue weighted by Gasteiger charge is -2.29. The van der Waals surface area contributed by atoms with Crippen molar-refractivity contribution in [1.29, 1.82) is 0 Å². The van der Waals surface area contributed by atoms with E-state index in [9.17, 15) is 13.8 Å². The lowest BCUT2D eigenvalue weighted by Crippen LogP contribution is -2.38. The second-order valence-electron chi connectivity index (χ2n) is 5.89. The molecule has 0 spiro atoms. The van der Waals surface area contributed by atoms with Gasteiger partial charge in [0.15, 0.2) is 0 Å². The van der Waals surface area contributed by atoms with E-state index in [0.717, 1.165) is 12.0 Å². The molecule has 130 valence electrons. The number of anilines is 1. The Morgan fingerprint density at radius 2 is 1.96 bits per heavy atom. The second kappa shape index (κ2) is 7.61. The first-order chi connectivity index (χ1) is 12.1. The van der Waals surface area contributed by atoms with Crippen molar-refractivity contribution in [3.63, 3.8) is 0 Å². The van der Waals surface area contributed by atoms with Crippen molar-refractivity contribution in [2.45, 2.75) is 24.8 Å². The monoisotopic (exact) mass is 356 g/mol. The van der Waals surface area contributed by atoms with Gasteiger partial charge in [0.2, 0.25) is 5.91 Å². The van der Waals surface area contributed by atoms with Crippen molar-refractivity contribution in [3.8, 4) is 0 Å². The van der Waals surface area contributed by atoms with E-state index in [2.05, 4.69) is 5.32 Å². The third-order valence-electron chi connectivity index (χ3n) is 4.03. The number of carbonyl (C=O) groups is 2. The third kappa shape index (κ3) is 3.79. The Bertz CT molecular complexity index is 821. The van der Waals surface area contributed by atoms with Gasteiger partial charge in [-0.2, -0.15) is 0 Å². The van der Waals surface area contributed by atoms with Crippen LogP contribution in [0.3, 0.4) is 0 Å². The first-order valence-electron chi connectivity index (χ1n) is 8.25. The highest BCUT2D eigenvalue weighted by Gasteiger charge is 2.30. The van der Waals surface area contributed by atoms with Crippen molar-refractivity contribution in [2.24, 2.45) is 0 Å². The maximum absolute atomic E-state index is 12.5. The quantitative estimate of drug-likeness (QED) is 0.895. The Kier molecular flexibility index (Phi) is 5.28. The summed E-state index contributed by atoms with van der Waals surface area (Å²) in [6.07, 6.45) is 0.847. The fourth-order valence-electron chi connectivity index (χ4n) is 2.74. The number of carbonyl (C=O) groups excluding carboxylic acids is 2. The van der Waals surface area contributed by atoms with Crippen LogP contribution in [0, 0.1) is 0 Å². The van der Waals surface area contributed by atoms with Crippen LogP contribution in [-0.4, -0.2) is 28.3 Å². The number of hydrogen-bond donors (Lipinski definition) is 1. The van der Waals surface area contributed by atoms with E-state index in [1.807, 2.05) is 37.3 Å². The van der Waals surface area contributed by atoms with Gasteiger partial charge in [-0.25, -0.2) is 0 Å². The summed E-state index contributed by atoms with van der Waals surface area (Å²) in [5, 5.41) is 2.82. The second-order valence-corrected chi connectivity index (χ2v) is 7.31. The molecule has 0 bridgehead atoms. The molecule has 0 aromatic heterocycles.